The second-order valence-electron chi connectivity index (χ2n) is 9.73. The molecule has 2 fully saturated rings. The van der Waals surface area contributed by atoms with Gasteiger partial charge >= 0.3 is 11.9 Å². The van der Waals surface area contributed by atoms with Crippen LogP contribution in [0, 0.1) is 22.7 Å². The van der Waals surface area contributed by atoms with Crippen LogP contribution < -0.4 is 0 Å². The minimum Gasteiger partial charge on any atom is -0.438 e. The van der Waals surface area contributed by atoms with Crippen LogP contribution in [0.15, 0.2) is 11.1 Å². The first-order valence-corrected chi connectivity index (χ1v) is 10.3. The molecular formula is C22H34O5. The van der Waals surface area contributed by atoms with Crippen molar-refractivity contribution in [1.29, 1.82) is 0 Å². The fraction of sp³-hybridized carbons (Fsp3) is 0.818. The first-order chi connectivity index (χ1) is 12.6. The largest absolute Gasteiger partial charge is 0.438 e. The quantitative estimate of drug-likeness (QED) is 0.522. The van der Waals surface area contributed by atoms with E-state index in [1.165, 1.54) is 38.2 Å². The summed E-state index contributed by atoms with van der Waals surface area (Å²) in [5.74, 6) is -0.300. The molecule has 1 saturated carbocycles. The molecule has 0 aromatic rings. The van der Waals surface area contributed by atoms with E-state index in [1.54, 1.807) is 0 Å². The normalized spacial score (nSPS) is 36.0. The second kappa shape index (κ2) is 7.57. The highest BCUT2D eigenvalue weighted by Crippen LogP contribution is 2.55. The van der Waals surface area contributed by atoms with Gasteiger partial charge < -0.3 is 14.2 Å². The summed E-state index contributed by atoms with van der Waals surface area (Å²) < 4.78 is 16.0. The third kappa shape index (κ3) is 4.23. The number of carbonyl (C=O) groups excluding carboxylic acids is 2. The molecule has 3 rings (SSSR count). The molecule has 0 aromatic carbocycles. The highest BCUT2D eigenvalue weighted by atomic mass is 16.8. The van der Waals surface area contributed by atoms with Crippen molar-refractivity contribution in [1.82, 2.24) is 0 Å². The molecule has 1 saturated heterocycles. The highest BCUT2D eigenvalue weighted by Gasteiger charge is 2.48. The summed E-state index contributed by atoms with van der Waals surface area (Å²) in [4.78, 5) is 23.6. The molecular weight excluding hydrogens is 344 g/mol. The van der Waals surface area contributed by atoms with Gasteiger partial charge in [0.05, 0.1) is 5.92 Å². The fourth-order valence-corrected chi connectivity index (χ4v) is 5.96. The number of ether oxygens (including phenoxy) is 3. The van der Waals surface area contributed by atoms with Crippen LogP contribution in [0.2, 0.25) is 0 Å². The maximum atomic E-state index is 12.7. The molecule has 1 aliphatic heterocycles. The Kier molecular flexibility index (Phi) is 5.72. The van der Waals surface area contributed by atoms with Crippen molar-refractivity contribution in [3.63, 3.8) is 0 Å². The van der Waals surface area contributed by atoms with Crippen molar-refractivity contribution in [2.45, 2.75) is 85.9 Å². The highest BCUT2D eigenvalue weighted by molar-refractivity contribution is 5.92. The molecule has 0 radical (unpaired) electrons. The van der Waals surface area contributed by atoms with Gasteiger partial charge in [0, 0.05) is 12.5 Å². The van der Waals surface area contributed by atoms with Crippen LogP contribution in [0.1, 0.15) is 79.6 Å². The molecule has 5 nitrogen and oxygen atoms in total. The van der Waals surface area contributed by atoms with Crippen molar-refractivity contribution in [2.24, 2.45) is 22.7 Å². The average Bonchev–Trinajstić information content (AvgIpc) is 2.73. The standard InChI is InChI=1S/C22H34O5/c1-14-17(22(5)11-7-10-21(3,4)12-22)9-6-8-16-18(14)19(24)27-20(16)26-13-25-15(2)23/h16-17,20H,6-13H2,1-5H3/t16-,17+,20+,22+/m1/s1. The Morgan fingerprint density at radius 1 is 1.19 bits per heavy atom. The van der Waals surface area contributed by atoms with Crippen LogP contribution in [-0.4, -0.2) is 25.0 Å². The lowest BCUT2D eigenvalue weighted by Crippen LogP contribution is -2.37. The van der Waals surface area contributed by atoms with Gasteiger partial charge in [0.15, 0.2) is 6.79 Å². The molecule has 1 heterocycles. The lowest BCUT2D eigenvalue weighted by atomic mass is 9.57. The van der Waals surface area contributed by atoms with Crippen LogP contribution in [0.3, 0.4) is 0 Å². The molecule has 3 aliphatic rings. The van der Waals surface area contributed by atoms with Gasteiger partial charge in [0.2, 0.25) is 6.29 Å². The Balaban J connectivity index is 1.83. The van der Waals surface area contributed by atoms with Crippen LogP contribution in [-0.2, 0) is 23.8 Å². The Morgan fingerprint density at radius 2 is 1.93 bits per heavy atom. The first kappa shape index (κ1) is 20.4. The molecule has 0 spiro atoms. The van der Waals surface area contributed by atoms with Crippen LogP contribution in [0.25, 0.3) is 0 Å². The molecule has 152 valence electrons. The zero-order valence-corrected chi connectivity index (χ0v) is 17.4. The van der Waals surface area contributed by atoms with Gasteiger partial charge in [-0.3, -0.25) is 4.79 Å². The molecule has 4 atom stereocenters. The number of hydrogen-bond donors (Lipinski definition) is 0. The summed E-state index contributed by atoms with van der Waals surface area (Å²) in [5.41, 5.74) is 2.59. The Bertz CT molecular complexity index is 635. The van der Waals surface area contributed by atoms with Crippen molar-refractivity contribution in [2.75, 3.05) is 6.79 Å². The maximum absolute atomic E-state index is 12.7. The van der Waals surface area contributed by atoms with Crippen LogP contribution >= 0.6 is 0 Å². The number of rotatable bonds is 4. The van der Waals surface area contributed by atoms with E-state index in [-0.39, 0.29) is 24.1 Å². The number of fused-ring (bicyclic) bond motifs is 1. The topological polar surface area (TPSA) is 61.8 Å². The SMILES string of the molecule is CC(=O)OCO[C@H]1OC(=O)C2=C(C)[C@@H]([C@@]3(C)CCCC(C)(C)C3)CCC[C@H]21. The molecule has 0 amide bonds. The van der Waals surface area contributed by atoms with Gasteiger partial charge in [0.25, 0.3) is 0 Å². The van der Waals surface area contributed by atoms with Crippen molar-refractivity contribution in [3.8, 4) is 0 Å². The van der Waals surface area contributed by atoms with Crippen LogP contribution in [0.4, 0.5) is 0 Å². The Hall–Kier alpha value is -1.36. The Morgan fingerprint density at radius 3 is 2.59 bits per heavy atom. The number of carbonyl (C=O) groups is 2. The van der Waals surface area contributed by atoms with Crippen molar-refractivity contribution in [3.05, 3.63) is 11.1 Å². The van der Waals surface area contributed by atoms with Crippen molar-refractivity contribution >= 4 is 11.9 Å². The zero-order chi connectivity index (χ0) is 19.8. The number of hydrogen-bond acceptors (Lipinski definition) is 5. The summed E-state index contributed by atoms with van der Waals surface area (Å²) in [7, 11) is 0. The number of cyclic esters (lactones) is 1. The van der Waals surface area contributed by atoms with E-state index in [1.807, 2.05) is 0 Å². The van der Waals surface area contributed by atoms with Gasteiger partial charge in [-0.05, 0) is 55.8 Å². The van der Waals surface area contributed by atoms with Crippen LogP contribution in [0.5, 0.6) is 0 Å². The Labute approximate surface area is 162 Å². The van der Waals surface area contributed by atoms with Gasteiger partial charge in [0.1, 0.15) is 0 Å². The molecule has 5 heteroatoms. The van der Waals surface area contributed by atoms with Gasteiger partial charge in [-0.25, -0.2) is 4.79 Å². The molecule has 2 aliphatic carbocycles. The van der Waals surface area contributed by atoms with E-state index in [0.717, 1.165) is 24.8 Å². The summed E-state index contributed by atoms with van der Waals surface area (Å²) in [6.07, 6.45) is 7.35. The van der Waals surface area contributed by atoms with Crippen molar-refractivity contribution < 1.29 is 23.8 Å². The summed E-state index contributed by atoms with van der Waals surface area (Å²) >= 11 is 0. The summed E-state index contributed by atoms with van der Waals surface area (Å²) in [6, 6.07) is 0. The molecule has 0 N–H and O–H groups in total. The van der Waals surface area contributed by atoms with Gasteiger partial charge in [-0.1, -0.05) is 39.2 Å². The third-order valence-electron chi connectivity index (χ3n) is 6.92. The maximum Gasteiger partial charge on any atom is 0.336 e. The lowest BCUT2D eigenvalue weighted by Gasteiger charge is -2.48. The first-order valence-electron chi connectivity index (χ1n) is 10.3. The number of esters is 2. The monoisotopic (exact) mass is 378 g/mol. The molecule has 0 aromatic heterocycles. The van der Waals surface area contributed by atoms with Gasteiger partial charge in [-0.2, -0.15) is 0 Å². The number of allylic oxidation sites excluding steroid dienone is 1. The predicted molar refractivity (Wildman–Crippen MR) is 101 cm³/mol. The fourth-order valence-electron chi connectivity index (χ4n) is 5.96. The minimum atomic E-state index is -0.642. The molecule has 0 unspecified atom stereocenters. The zero-order valence-electron chi connectivity index (χ0n) is 17.4. The van der Waals surface area contributed by atoms with E-state index in [9.17, 15) is 9.59 Å². The van der Waals surface area contributed by atoms with E-state index in [4.69, 9.17) is 14.2 Å². The molecule has 0 bridgehead atoms. The lowest BCUT2D eigenvalue weighted by molar-refractivity contribution is -0.198. The van der Waals surface area contributed by atoms with E-state index in [2.05, 4.69) is 27.7 Å². The smallest absolute Gasteiger partial charge is 0.336 e. The summed E-state index contributed by atoms with van der Waals surface area (Å²) in [5, 5.41) is 0. The third-order valence-corrected chi connectivity index (χ3v) is 6.92. The molecule has 27 heavy (non-hydrogen) atoms. The van der Waals surface area contributed by atoms with E-state index < -0.39 is 12.3 Å². The van der Waals surface area contributed by atoms with E-state index >= 15 is 0 Å². The van der Waals surface area contributed by atoms with Gasteiger partial charge in [-0.15, -0.1) is 0 Å². The average molecular weight is 379 g/mol. The van der Waals surface area contributed by atoms with E-state index in [0.29, 0.717) is 11.3 Å². The predicted octanol–water partition coefficient (Wildman–Crippen LogP) is 4.75. The minimum absolute atomic E-state index is 0.0572. The summed E-state index contributed by atoms with van der Waals surface area (Å²) in [6.45, 7) is 10.4. The second-order valence-corrected chi connectivity index (χ2v) is 9.73.